The summed E-state index contributed by atoms with van der Waals surface area (Å²) >= 11 is 5.96. The van der Waals surface area contributed by atoms with E-state index in [0.29, 0.717) is 27.9 Å². The van der Waals surface area contributed by atoms with E-state index in [0.717, 1.165) is 0 Å². The summed E-state index contributed by atoms with van der Waals surface area (Å²) in [5, 5.41) is -0.0729. The van der Waals surface area contributed by atoms with E-state index in [-0.39, 0.29) is 16.4 Å². The van der Waals surface area contributed by atoms with Gasteiger partial charge in [0.15, 0.2) is 5.65 Å². The van der Waals surface area contributed by atoms with Gasteiger partial charge in [-0.1, -0.05) is 23.7 Å². The summed E-state index contributed by atoms with van der Waals surface area (Å²) in [5.74, 6) is -1.09. The topological polar surface area (TPSA) is 83.0 Å². The van der Waals surface area contributed by atoms with Gasteiger partial charge in [0.25, 0.3) is 0 Å². The van der Waals surface area contributed by atoms with E-state index in [1.54, 1.807) is 32.9 Å². The number of nitrogens with zero attached hydrogens (tertiary/aromatic N) is 3. The van der Waals surface area contributed by atoms with Crippen molar-refractivity contribution >= 4 is 45.6 Å². The second-order valence-corrected chi connectivity index (χ2v) is 7.99. The fourth-order valence-corrected chi connectivity index (χ4v) is 3.25. The molecule has 2 aromatic heterocycles. The van der Waals surface area contributed by atoms with Crippen molar-refractivity contribution < 1.29 is 13.9 Å². The summed E-state index contributed by atoms with van der Waals surface area (Å²) in [4.78, 5) is 22.2. The van der Waals surface area contributed by atoms with Crippen molar-refractivity contribution in [3.05, 3.63) is 58.9 Å². The molecule has 0 aliphatic carbocycles. The molecule has 0 spiro atoms. The van der Waals surface area contributed by atoms with Gasteiger partial charge in [0.2, 0.25) is 0 Å². The van der Waals surface area contributed by atoms with E-state index in [1.165, 1.54) is 22.8 Å². The molecule has 0 radical (unpaired) electrons. The number of halogens is 2. The monoisotopic (exact) mass is 412 g/mol. The average Bonchev–Trinajstić information content (AvgIpc) is 2.91. The van der Waals surface area contributed by atoms with Crippen molar-refractivity contribution in [2.45, 2.75) is 26.4 Å². The van der Waals surface area contributed by atoms with Gasteiger partial charge >= 0.3 is 5.97 Å². The number of ether oxygens (including phenoxy) is 1. The van der Waals surface area contributed by atoms with Gasteiger partial charge in [0, 0.05) is 0 Å². The van der Waals surface area contributed by atoms with Gasteiger partial charge in [-0.25, -0.2) is 19.2 Å². The van der Waals surface area contributed by atoms with Crippen LogP contribution in [0.15, 0.2) is 42.5 Å². The van der Waals surface area contributed by atoms with E-state index in [9.17, 15) is 9.18 Å². The van der Waals surface area contributed by atoms with Crippen LogP contribution in [0.2, 0.25) is 5.02 Å². The summed E-state index contributed by atoms with van der Waals surface area (Å²) in [6.45, 7) is 5.29. The van der Waals surface area contributed by atoms with E-state index < -0.39 is 17.4 Å². The van der Waals surface area contributed by atoms with E-state index >= 15 is 0 Å². The second-order valence-electron chi connectivity index (χ2n) is 7.58. The fourth-order valence-electron chi connectivity index (χ4n) is 3.08. The number of hydrogen-bond donors (Lipinski definition) is 1. The zero-order valence-electron chi connectivity index (χ0n) is 16.0. The Morgan fingerprint density at radius 1 is 1.14 bits per heavy atom. The number of aromatic nitrogens is 3. The van der Waals surface area contributed by atoms with Crippen molar-refractivity contribution in [2.24, 2.45) is 0 Å². The lowest BCUT2D eigenvalue weighted by atomic mass is 10.2. The van der Waals surface area contributed by atoms with E-state index in [1.807, 2.05) is 12.1 Å². The average molecular weight is 413 g/mol. The van der Waals surface area contributed by atoms with Gasteiger partial charge in [0.05, 0.1) is 21.7 Å². The molecule has 4 rings (SSSR count). The van der Waals surface area contributed by atoms with Gasteiger partial charge in [-0.15, -0.1) is 0 Å². The predicted molar refractivity (Wildman–Crippen MR) is 111 cm³/mol. The Morgan fingerprint density at radius 3 is 2.41 bits per heavy atom. The highest BCUT2D eigenvalue weighted by atomic mass is 35.5. The Labute approximate surface area is 171 Å². The summed E-state index contributed by atoms with van der Waals surface area (Å²) in [7, 11) is 0. The number of carbonyl (C=O) groups excluding carboxylic acids is 1. The van der Waals surface area contributed by atoms with Gasteiger partial charge < -0.3 is 10.5 Å². The minimum atomic E-state index is -0.721. The van der Waals surface area contributed by atoms with Crippen LogP contribution in [-0.4, -0.2) is 26.1 Å². The summed E-state index contributed by atoms with van der Waals surface area (Å²) in [6.07, 6.45) is 0. The molecule has 0 unspecified atom stereocenters. The molecule has 0 fully saturated rings. The van der Waals surface area contributed by atoms with Crippen LogP contribution in [0.25, 0.3) is 27.9 Å². The maximum Gasteiger partial charge on any atom is 0.344 e. The smallest absolute Gasteiger partial charge is 0.344 e. The molecule has 8 heteroatoms. The van der Waals surface area contributed by atoms with Crippen molar-refractivity contribution in [3.8, 4) is 5.69 Å². The molecule has 148 valence electrons. The minimum absolute atomic E-state index is 0.0729. The zero-order chi connectivity index (χ0) is 20.9. The van der Waals surface area contributed by atoms with Crippen LogP contribution in [-0.2, 0) is 4.74 Å². The molecule has 0 aliphatic heterocycles. The number of esters is 1. The number of benzene rings is 2. The second kappa shape index (κ2) is 6.70. The first kappa shape index (κ1) is 19.1. The van der Waals surface area contributed by atoms with Crippen LogP contribution in [0.1, 0.15) is 31.1 Å². The summed E-state index contributed by atoms with van der Waals surface area (Å²) < 4.78 is 20.7. The standard InChI is InChI=1S/C21H18ClFN4O2/c1-21(2,3)29-20(28)16-17-19(26-15-7-5-4-6-14(15)25-17)27(18(16)24)11-8-9-13(23)12(22)10-11/h4-10H,24H2,1-3H3. The first-order valence-corrected chi connectivity index (χ1v) is 9.29. The molecule has 2 heterocycles. The molecule has 0 saturated heterocycles. The third kappa shape index (κ3) is 3.38. The Hall–Kier alpha value is -3.19. The first-order chi connectivity index (χ1) is 13.7. The fraction of sp³-hybridized carbons (Fsp3) is 0.190. The molecule has 29 heavy (non-hydrogen) atoms. The molecule has 2 aromatic carbocycles. The Balaban J connectivity index is 2.06. The third-order valence-corrected chi connectivity index (χ3v) is 4.55. The third-order valence-electron chi connectivity index (χ3n) is 4.26. The zero-order valence-corrected chi connectivity index (χ0v) is 16.8. The normalized spacial score (nSPS) is 11.9. The number of nitrogen functional groups attached to an aromatic ring is 1. The maximum absolute atomic E-state index is 13.7. The summed E-state index contributed by atoms with van der Waals surface area (Å²) in [6, 6.07) is 11.4. The van der Waals surface area contributed by atoms with Crippen molar-refractivity contribution in [1.82, 2.24) is 14.5 Å². The summed E-state index contributed by atoms with van der Waals surface area (Å²) in [5.41, 5.74) is 8.10. The minimum Gasteiger partial charge on any atom is -0.456 e. The number of rotatable bonds is 2. The van der Waals surface area contributed by atoms with Crippen molar-refractivity contribution in [1.29, 1.82) is 0 Å². The van der Waals surface area contributed by atoms with Gasteiger partial charge in [-0.2, -0.15) is 0 Å². The van der Waals surface area contributed by atoms with Crippen LogP contribution in [0.3, 0.4) is 0 Å². The van der Waals surface area contributed by atoms with Gasteiger partial charge in [-0.05, 0) is 51.1 Å². The number of fused-ring (bicyclic) bond motifs is 2. The van der Waals surface area contributed by atoms with Crippen LogP contribution in [0.5, 0.6) is 0 Å². The quantitative estimate of drug-likeness (QED) is 0.473. The lowest BCUT2D eigenvalue weighted by Gasteiger charge is -2.19. The Kier molecular flexibility index (Phi) is 4.42. The molecule has 2 N–H and O–H groups in total. The predicted octanol–water partition coefficient (Wildman–Crippen LogP) is 4.90. The number of carbonyl (C=O) groups is 1. The van der Waals surface area contributed by atoms with Crippen molar-refractivity contribution in [2.75, 3.05) is 5.73 Å². The molecule has 0 amide bonds. The molecule has 0 aliphatic rings. The SMILES string of the molecule is CC(C)(C)OC(=O)c1c(N)n(-c2ccc(F)c(Cl)c2)c2nc3ccccc3nc12. The van der Waals surface area contributed by atoms with E-state index in [4.69, 9.17) is 22.1 Å². The number of anilines is 1. The molecular weight excluding hydrogens is 395 g/mol. The Morgan fingerprint density at radius 2 is 1.79 bits per heavy atom. The molecule has 0 bridgehead atoms. The molecule has 4 aromatic rings. The lowest BCUT2D eigenvalue weighted by Crippen LogP contribution is -2.24. The van der Waals surface area contributed by atoms with E-state index in [2.05, 4.69) is 9.97 Å². The number of hydrogen-bond acceptors (Lipinski definition) is 5. The largest absolute Gasteiger partial charge is 0.456 e. The maximum atomic E-state index is 13.7. The highest BCUT2D eigenvalue weighted by Gasteiger charge is 2.28. The molecular formula is C21H18ClFN4O2. The molecule has 6 nitrogen and oxygen atoms in total. The van der Waals surface area contributed by atoms with Crippen LogP contribution in [0, 0.1) is 5.82 Å². The van der Waals surface area contributed by atoms with Gasteiger partial charge in [-0.3, -0.25) is 4.57 Å². The Bertz CT molecular complexity index is 1280. The highest BCUT2D eigenvalue weighted by molar-refractivity contribution is 6.31. The van der Waals surface area contributed by atoms with Gasteiger partial charge in [0.1, 0.15) is 28.3 Å². The first-order valence-electron chi connectivity index (χ1n) is 8.91. The van der Waals surface area contributed by atoms with Crippen molar-refractivity contribution in [3.63, 3.8) is 0 Å². The highest BCUT2D eigenvalue weighted by Crippen LogP contribution is 2.33. The number of nitrogens with two attached hydrogens (primary N) is 1. The van der Waals surface area contributed by atoms with Crippen LogP contribution in [0.4, 0.5) is 10.2 Å². The van der Waals surface area contributed by atoms with Crippen LogP contribution >= 0.6 is 11.6 Å². The number of para-hydroxylation sites is 2. The van der Waals surface area contributed by atoms with Crippen LogP contribution < -0.4 is 5.73 Å². The molecule has 0 saturated carbocycles. The molecule has 0 atom stereocenters. The lowest BCUT2D eigenvalue weighted by molar-refractivity contribution is 0.00728.